The van der Waals surface area contributed by atoms with E-state index in [-0.39, 0.29) is 23.9 Å². The van der Waals surface area contributed by atoms with Crippen LogP contribution in [0.4, 0.5) is 27.0 Å². The lowest BCUT2D eigenvalue weighted by molar-refractivity contribution is 0.101. The van der Waals surface area contributed by atoms with Gasteiger partial charge in [0.15, 0.2) is 0 Å². The van der Waals surface area contributed by atoms with Gasteiger partial charge >= 0.3 is 10.2 Å². The lowest BCUT2D eigenvalue weighted by Gasteiger charge is -2.14. The molecule has 0 radical (unpaired) electrons. The molecule has 0 aliphatic rings. The van der Waals surface area contributed by atoms with Crippen molar-refractivity contribution in [1.82, 2.24) is 9.97 Å². The highest BCUT2D eigenvalue weighted by Gasteiger charge is 2.17. The minimum absolute atomic E-state index is 0.00290. The smallest absolute Gasteiger partial charge is 0.332 e. The molecule has 0 fully saturated rings. The van der Waals surface area contributed by atoms with E-state index >= 15 is 0 Å². The quantitative estimate of drug-likeness (QED) is 0.146. The topological polar surface area (TPSA) is 179 Å². The molecule has 0 atom stereocenters. The molecule has 0 saturated carbocycles. The number of amides is 2. The van der Waals surface area contributed by atoms with Gasteiger partial charge in [0.1, 0.15) is 18.2 Å². The van der Waals surface area contributed by atoms with E-state index in [2.05, 4.69) is 20.6 Å². The molecule has 5 aromatic rings. The summed E-state index contributed by atoms with van der Waals surface area (Å²) in [4.78, 5) is 33.2. The molecule has 6 N–H and O–H groups in total. The molecular weight excluding hydrogens is 623 g/mol. The maximum Gasteiger partial charge on any atom is 0.332 e. The van der Waals surface area contributed by atoms with Gasteiger partial charge in [-0.25, -0.2) is 4.98 Å². The van der Waals surface area contributed by atoms with Gasteiger partial charge in [0, 0.05) is 39.2 Å². The van der Waals surface area contributed by atoms with Crippen LogP contribution in [0.15, 0.2) is 102 Å². The van der Waals surface area contributed by atoms with Crippen molar-refractivity contribution >= 4 is 56.8 Å². The Balaban J connectivity index is 1.23. The third-order valence-electron chi connectivity index (χ3n) is 6.41. The number of halogens is 2. The van der Waals surface area contributed by atoms with Crippen molar-refractivity contribution < 1.29 is 26.6 Å². The summed E-state index contributed by atoms with van der Waals surface area (Å²) >= 11 is 6.02. The Morgan fingerprint density at radius 2 is 1.47 bits per heavy atom. The van der Waals surface area contributed by atoms with Gasteiger partial charge in [-0.2, -0.15) is 13.4 Å². The number of hydrogen-bond acceptors (Lipinski definition) is 9. The first-order valence-electron chi connectivity index (χ1n) is 13.1. The number of nitrogens with two attached hydrogens (primary N) is 2. The van der Waals surface area contributed by atoms with Crippen LogP contribution in [0.3, 0.4) is 0 Å². The molecular formula is C31H24ClFN6O5S. The average Bonchev–Trinajstić information content (AvgIpc) is 3.00. The van der Waals surface area contributed by atoms with Crippen molar-refractivity contribution in [2.45, 2.75) is 11.5 Å². The molecule has 45 heavy (non-hydrogen) atoms. The Kier molecular flexibility index (Phi) is 8.93. The van der Waals surface area contributed by atoms with Crippen LogP contribution in [0.2, 0.25) is 5.02 Å². The van der Waals surface area contributed by atoms with Crippen LogP contribution in [-0.4, -0.2) is 30.2 Å². The minimum atomic E-state index is -4.96. The number of nitrogen functional groups attached to an aromatic ring is 2. The van der Waals surface area contributed by atoms with Gasteiger partial charge in [-0.3, -0.25) is 9.59 Å². The molecule has 4 aromatic carbocycles. The van der Waals surface area contributed by atoms with Crippen molar-refractivity contribution in [2.75, 3.05) is 22.1 Å². The number of hydrogen-bond donors (Lipinski definition) is 4. The Hall–Kier alpha value is -5.53. The molecule has 0 aliphatic heterocycles. The van der Waals surface area contributed by atoms with E-state index in [9.17, 15) is 21.9 Å². The normalized spacial score (nSPS) is 11.1. The van der Waals surface area contributed by atoms with Crippen LogP contribution < -0.4 is 26.8 Å². The van der Waals surface area contributed by atoms with E-state index < -0.39 is 26.9 Å². The lowest BCUT2D eigenvalue weighted by atomic mass is 10.0. The molecule has 0 unspecified atom stereocenters. The summed E-state index contributed by atoms with van der Waals surface area (Å²) < 4.78 is 41.5. The van der Waals surface area contributed by atoms with Crippen molar-refractivity contribution in [1.29, 1.82) is 0 Å². The molecule has 1 heterocycles. The van der Waals surface area contributed by atoms with E-state index in [0.29, 0.717) is 39.0 Å². The van der Waals surface area contributed by atoms with Gasteiger partial charge in [0.2, 0.25) is 5.95 Å². The molecule has 0 spiro atoms. The molecule has 0 aliphatic carbocycles. The summed E-state index contributed by atoms with van der Waals surface area (Å²) in [5.74, 6) is -0.448. The third kappa shape index (κ3) is 7.71. The molecule has 0 bridgehead atoms. The molecule has 1 aromatic heterocycles. The van der Waals surface area contributed by atoms with E-state index in [1.54, 1.807) is 48.5 Å². The second-order valence-corrected chi connectivity index (χ2v) is 11.3. The summed E-state index contributed by atoms with van der Waals surface area (Å²) in [5.41, 5.74) is 14.8. The van der Waals surface area contributed by atoms with Crippen molar-refractivity contribution in [3.63, 3.8) is 0 Å². The zero-order chi connectivity index (χ0) is 32.1. The number of benzene rings is 4. The average molecular weight is 647 g/mol. The highest BCUT2D eigenvalue weighted by Crippen LogP contribution is 2.30. The number of carbonyl (C=O) groups excluding carboxylic acids is 2. The second kappa shape index (κ2) is 13.0. The van der Waals surface area contributed by atoms with Crippen LogP contribution in [0.25, 0.3) is 11.1 Å². The van der Waals surface area contributed by atoms with Gasteiger partial charge < -0.3 is 26.8 Å². The highest BCUT2D eigenvalue weighted by molar-refractivity contribution is 7.86. The van der Waals surface area contributed by atoms with Crippen LogP contribution in [0.5, 0.6) is 5.75 Å². The van der Waals surface area contributed by atoms with Gasteiger partial charge in [0.05, 0.1) is 10.6 Å². The first-order valence-corrected chi connectivity index (χ1v) is 14.9. The molecule has 11 nitrogen and oxygen atoms in total. The molecule has 228 valence electrons. The van der Waals surface area contributed by atoms with Gasteiger partial charge in [-0.05, 0) is 72.3 Å². The van der Waals surface area contributed by atoms with E-state index in [1.165, 1.54) is 36.4 Å². The lowest BCUT2D eigenvalue weighted by Crippen LogP contribution is -2.14. The first kappa shape index (κ1) is 30.9. The van der Waals surface area contributed by atoms with Crippen molar-refractivity contribution in [3.8, 4) is 16.9 Å². The molecule has 2 amide bonds. The Labute approximate surface area is 262 Å². The number of nitrogens with zero attached hydrogens (tertiary/aromatic N) is 2. The number of nitrogens with one attached hydrogen (secondary N) is 2. The summed E-state index contributed by atoms with van der Waals surface area (Å²) in [6, 6.07) is 24.3. The predicted octanol–water partition coefficient (Wildman–Crippen LogP) is 5.70. The standard InChI is InChI=1S/C31H24ClFN6O5S/c32-21-11-7-18(8-12-21)27-26(38-31(35)39-28(27)34)17-44-24-5-2-4-23(16-24)37-29(40)19-9-13-22(14-10-19)36-30(41)20-3-1-6-25(15-20)45(33,42)43/h1-16H,17H2,(H,36,41)(H,37,40)(H4,34,35,38,39). The van der Waals surface area contributed by atoms with Crippen molar-refractivity contribution in [2.24, 2.45) is 0 Å². The molecule has 0 saturated heterocycles. The van der Waals surface area contributed by atoms with E-state index in [0.717, 1.165) is 17.7 Å². The maximum atomic E-state index is 13.3. The van der Waals surface area contributed by atoms with Crippen LogP contribution in [-0.2, 0) is 16.8 Å². The zero-order valence-electron chi connectivity index (χ0n) is 23.2. The number of anilines is 4. The molecule has 5 rings (SSSR count). The summed E-state index contributed by atoms with van der Waals surface area (Å²) in [5, 5.41) is 5.93. The van der Waals surface area contributed by atoms with Gasteiger partial charge in [0.25, 0.3) is 11.8 Å². The fraction of sp³-hybridized carbons (Fsp3) is 0.0323. The number of rotatable bonds is 9. The Bertz CT molecular complexity index is 2010. The fourth-order valence-electron chi connectivity index (χ4n) is 4.30. The van der Waals surface area contributed by atoms with Crippen LogP contribution in [0.1, 0.15) is 26.4 Å². The third-order valence-corrected chi connectivity index (χ3v) is 7.48. The SMILES string of the molecule is Nc1nc(N)c(-c2ccc(Cl)cc2)c(COc2cccc(NC(=O)c3ccc(NC(=O)c4cccc(S(=O)(=O)F)c4)cc3)c2)n1. The number of ether oxygens (including phenoxy) is 1. The molecule has 14 heteroatoms. The van der Waals surface area contributed by atoms with E-state index in [1.807, 2.05) is 0 Å². The number of carbonyl (C=O) groups is 2. The summed E-state index contributed by atoms with van der Waals surface area (Å²) in [6.07, 6.45) is 0. The van der Waals surface area contributed by atoms with Crippen LogP contribution >= 0.6 is 11.6 Å². The zero-order valence-corrected chi connectivity index (χ0v) is 24.8. The Morgan fingerprint density at radius 1 is 0.800 bits per heavy atom. The Morgan fingerprint density at radius 3 is 2.18 bits per heavy atom. The van der Waals surface area contributed by atoms with Crippen molar-refractivity contribution in [3.05, 3.63) is 119 Å². The first-order chi connectivity index (χ1) is 21.5. The monoisotopic (exact) mass is 646 g/mol. The van der Waals surface area contributed by atoms with Gasteiger partial charge in [-0.15, -0.1) is 3.89 Å². The van der Waals surface area contributed by atoms with Gasteiger partial charge in [-0.1, -0.05) is 35.9 Å². The predicted molar refractivity (Wildman–Crippen MR) is 169 cm³/mol. The second-order valence-electron chi connectivity index (χ2n) is 9.56. The number of aromatic nitrogens is 2. The highest BCUT2D eigenvalue weighted by atomic mass is 35.5. The summed E-state index contributed by atoms with van der Waals surface area (Å²) in [7, 11) is -4.96. The largest absolute Gasteiger partial charge is 0.487 e. The minimum Gasteiger partial charge on any atom is -0.487 e. The summed E-state index contributed by atoms with van der Waals surface area (Å²) in [6.45, 7) is 0.00729. The fourth-order valence-corrected chi connectivity index (χ4v) is 4.93. The maximum absolute atomic E-state index is 13.3. The van der Waals surface area contributed by atoms with Crippen LogP contribution in [0, 0.1) is 0 Å². The van der Waals surface area contributed by atoms with E-state index in [4.69, 9.17) is 27.8 Å².